The van der Waals surface area contributed by atoms with Gasteiger partial charge in [-0.2, -0.15) is 5.10 Å². The molecular weight excluding hydrogens is 398 g/mol. The molecule has 2 N–H and O–H groups in total. The zero-order chi connectivity index (χ0) is 21.3. The van der Waals surface area contributed by atoms with Crippen molar-refractivity contribution in [1.82, 2.24) is 15.1 Å². The van der Waals surface area contributed by atoms with Gasteiger partial charge < -0.3 is 19.9 Å². The number of carbonyl (C=O) groups is 1. The van der Waals surface area contributed by atoms with Gasteiger partial charge >= 0.3 is 0 Å². The Morgan fingerprint density at radius 3 is 2.83 bits per heavy atom. The molecule has 1 amide bonds. The first-order chi connectivity index (χ1) is 13.8. The largest absolute Gasteiger partial charge is 0.381 e. The first-order valence-electron chi connectivity index (χ1n) is 10.2. The molecule has 0 aromatic carbocycles. The first-order valence-corrected chi connectivity index (χ1v) is 12.3. The Bertz CT molecular complexity index is 762. The fourth-order valence-corrected chi connectivity index (χ4v) is 3.87. The van der Waals surface area contributed by atoms with Crippen molar-refractivity contribution in [3.63, 3.8) is 0 Å². The maximum absolute atomic E-state index is 12.7. The van der Waals surface area contributed by atoms with Gasteiger partial charge in [0.25, 0.3) is 5.91 Å². The molecule has 0 aliphatic carbocycles. The molecule has 0 saturated heterocycles. The predicted octanol–water partition coefficient (Wildman–Crippen LogP) is 0.688. The Kier molecular flexibility index (Phi) is 9.54. The van der Waals surface area contributed by atoms with Crippen LogP contribution in [0.5, 0.6) is 0 Å². The summed E-state index contributed by atoms with van der Waals surface area (Å²) in [6.07, 6.45) is 3.64. The Labute approximate surface area is 172 Å². The van der Waals surface area contributed by atoms with Crippen molar-refractivity contribution in [3.8, 4) is 0 Å². The molecule has 1 aliphatic heterocycles. The Morgan fingerprint density at radius 2 is 2.10 bits per heavy atom. The van der Waals surface area contributed by atoms with Gasteiger partial charge in [-0.25, -0.2) is 8.42 Å². The van der Waals surface area contributed by atoms with E-state index in [0.29, 0.717) is 51.1 Å². The average molecular weight is 432 g/mol. The summed E-state index contributed by atoms with van der Waals surface area (Å²) >= 11 is 0. The number of hydrogen-bond donors (Lipinski definition) is 2. The highest BCUT2D eigenvalue weighted by atomic mass is 32.2. The number of carbonyl (C=O) groups excluding carboxylic acids is 1. The van der Waals surface area contributed by atoms with Crippen LogP contribution in [0.1, 0.15) is 54.4 Å². The third-order valence-electron chi connectivity index (χ3n) is 4.71. The highest BCUT2D eigenvalue weighted by Gasteiger charge is 2.22. The number of aliphatic hydroxyl groups is 1. The van der Waals surface area contributed by atoms with Gasteiger partial charge in [-0.3, -0.25) is 9.48 Å². The van der Waals surface area contributed by atoms with Crippen LogP contribution < -0.4 is 5.32 Å². The molecule has 0 spiro atoms. The molecule has 1 aliphatic rings. The van der Waals surface area contributed by atoms with Gasteiger partial charge in [-0.05, 0) is 32.1 Å². The molecule has 0 saturated carbocycles. The lowest BCUT2D eigenvalue weighted by Crippen LogP contribution is -2.26. The van der Waals surface area contributed by atoms with E-state index in [4.69, 9.17) is 9.47 Å². The van der Waals surface area contributed by atoms with Gasteiger partial charge in [-0.1, -0.05) is 6.92 Å². The van der Waals surface area contributed by atoms with Gasteiger partial charge in [0, 0.05) is 39.0 Å². The summed E-state index contributed by atoms with van der Waals surface area (Å²) in [5.74, 6) is -0.199. The molecule has 166 valence electrons. The van der Waals surface area contributed by atoms with Crippen LogP contribution in [0.2, 0.25) is 0 Å². The lowest BCUT2D eigenvalue weighted by Gasteiger charge is -2.12. The molecule has 29 heavy (non-hydrogen) atoms. The predicted molar refractivity (Wildman–Crippen MR) is 109 cm³/mol. The van der Waals surface area contributed by atoms with E-state index in [-0.39, 0.29) is 24.7 Å². The fourth-order valence-electron chi connectivity index (χ4n) is 3.24. The number of rotatable bonds is 9. The molecular formula is C19H33N3O6S. The number of aryl methyl sites for hydroxylation is 2. The van der Waals surface area contributed by atoms with Crippen molar-refractivity contribution in [1.29, 1.82) is 0 Å². The number of amides is 1. The molecule has 0 fully saturated rings. The smallest absolute Gasteiger partial charge is 0.255 e. The number of hydrogen-bond acceptors (Lipinski definition) is 7. The maximum atomic E-state index is 12.7. The monoisotopic (exact) mass is 431 g/mol. The summed E-state index contributed by atoms with van der Waals surface area (Å²) in [5.41, 5.74) is 2.36. The summed E-state index contributed by atoms with van der Waals surface area (Å²) in [4.78, 5) is 12.7. The van der Waals surface area contributed by atoms with E-state index >= 15 is 0 Å². The summed E-state index contributed by atoms with van der Waals surface area (Å²) in [5, 5.41) is 17.3. The molecule has 2 heterocycles. The van der Waals surface area contributed by atoms with E-state index in [0.717, 1.165) is 30.5 Å². The number of ether oxygens (including phenoxy) is 2. The average Bonchev–Trinajstić information content (AvgIpc) is 3.00. The molecule has 10 heteroatoms. The fraction of sp³-hybridized carbons (Fsp3) is 0.789. The third-order valence-corrected chi connectivity index (χ3v) is 5.68. The Morgan fingerprint density at radius 1 is 1.34 bits per heavy atom. The minimum atomic E-state index is -3.13. The minimum absolute atomic E-state index is 0.0517. The number of fused-ring (bicyclic) bond motifs is 1. The van der Waals surface area contributed by atoms with Crippen molar-refractivity contribution in [2.45, 2.75) is 58.3 Å². The van der Waals surface area contributed by atoms with Crippen LogP contribution in [-0.4, -0.2) is 73.9 Å². The second kappa shape index (κ2) is 11.6. The summed E-state index contributed by atoms with van der Waals surface area (Å²) in [6, 6.07) is 0. The molecule has 1 unspecified atom stereocenters. The molecule has 1 aromatic heterocycles. The molecule has 1 atom stereocenters. The maximum Gasteiger partial charge on any atom is 0.255 e. The Balaban J connectivity index is 1.98. The third kappa shape index (κ3) is 8.04. The van der Waals surface area contributed by atoms with E-state index in [1.807, 2.05) is 11.6 Å². The second-order valence-corrected chi connectivity index (χ2v) is 9.53. The van der Waals surface area contributed by atoms with Crippen LogP contribution in [0.4, 0.5) is 0 Å². The molecule has 2 rings (SSSR count). The van der Waals surface area contributed by atoms with Crippen LogP contribution in [0, 0.1) is 0 Å². The van der Waals surface area contributed by atoms with Crippen LogP contribution in [0.3, 0.4) is 0 Å². The lowest BCUT2D eigenvalue weighted by atomic mass is 10.1. The summed E-state index contributed by atoms with van der Waals surface area (Å²) < 4.78 is 35.0. The highest BCUT2D eigenvalue weighted by molar-refractivity contribution is 7.90. The van der Waals surface area contributed by atoms with Crippen LogP contribution in [0.25, 0.3) is 0 Å². The van der Waals surface area contributed by atoms with Crippen LogP contribution in [0.15, 0.2) is 0 Å². The molecule has 1 aromatic rings. The van der Waals surface area contributed by atoms with E-state index in [2.05, 4.69) is 10.4 Å². The van der Waals surface area contributed by atoms with E-state index in [1.165, 1.54) is 0 Å². The minimum Gasteiger partial charge on any atom is -0.381 e. The lowest BCUT2D eigenvalue weighted by molar-refractivity contribution is -0.101. The SMILES string of the molecule is CCc1nn(CCCOC(O)CCS(C)(=O)=O)c2c1C(=O)NCCCOCCC2. The number of aromatic nitrogens is 2. The Hall–Kier alpha value is -1.49. The van der Waals surface area contributed by atoms with Gasteiger partial charge in [0.05, 0.1) is 29.3 Å². The summed E-state index contributed by atoms with van der Waals surface area (Å²) in [7, 11) is -3.13. The van der Waals surface area contributed by atoms with Gasteiger partial charge in [0.1, 0.15) is 9.84 Å². The zero-order valence-corrected chi connectivity index (χ0v) is 18.2. The normalized spacial score (nSPS) is 17.3. The van der Waals surface area contributed by atoms with Crippen molar-refractivity contribution in [2.75, 3.05) is 38.4 Å². The number of nitrogens with one attached hydrogen (secondary N) is 1. The number of sulfone groups is 1. The number of nitrogens with zero attached hydrogens (tertiary/aromatic N) is 2. The summed E-state index contributed by atoms with van der Waals surface area (Å²) in [6.45, 7) is 4.67. The van der Waals surface area contributed by atoms with Crippen molar-refractivity contribution in [2.24, 2.45) is 0 Å². The van der Waals surface area contributed by atoms with Gasteiger partial charge in [0.15, 0.2) is 6.29 Å². The number of aliphatic hydroxyl groups excluding tert-OH is 1. The first kappa shape index (κ1) is 23.8. The van der Waals surface area contributed by atoms with Gasteiger partial charge in [-0.15, -0.1) is 0 Å². The zero-order valence-electron chi connectivity index (χ0n) is 17.4. The van der Waals surface area contributed by atoms with Crippen molar-refractivity contribution >= 4 is 15.7 Å². The standard InChI is InChI=1S/C19H33N3O6S/c1-3-15-18-16(7-4-11-27-12-5-9-20-19(18)24)22(21-15)10-6-13-28-17(23)8-14-29(2,25)26/h17,23H,3-14H2,1-2H3,(H,20,24). The highest BCUT2D eigenvalue weighted by Crippen LogP contribution is 2.19. The topological polar surface area (TPSA) is 120 Å². The van der Waals surface area contributed by atoms with E-state index in [1.54, 1.807) is 0 Å². The van der Waals surface area contributed by atoms with E-state index < -0.39 is 16.1 Å². The van der Waals surface area contributed by atoms with Crippen LogP contribution >= 0.6 is 0 Å². The molecule has 9 nitrogen and oxygen atoms in total. The van der Waals surface area contributed by atoms with Crippen molar-refractivity contribution < 1.29 is 27.8 Å². The van der Waals surface area contributed by atoms with Gasteiger partial charge in [0.2, 0.25) is 0 Å². The molecule has 0 radical (unpaired) electrons. The quantitative estimate of drug-likeness (QED) is 0.436. The molecule has 0 bridgehead atoms. The van der Waals surface area contributed by atoms with E-state index in [9.17, 15) is 18.3 Å². The second-order valence-electron chi connectivity index (χ2n) is 7.27. The van der Waals surface area contributed by atoms with Crippen LogP contribution in [-0.2, 0) is 38.7 Å². The van der Waals surface area contributed by atoms with Crippen molar-refractivity contribution in [3.05, 3.63) is 17.0 Å².